The van der Waals surface area contributed by atoms with Crippen molar-refractivity contribution in [2.45, 2.75) is 58.4 Å². The minimum Gasteiger partial charge on any atom is -0.339 e. The Bertz CT molecular complexity index is 301. The average molecular weight is 211 g/mol. The van der Waals surface area contributed by atoms with Crippen LogP contribution in [-0.4, -0.2) is 16.2 Å². The van der Waals surface area contributed by atoms with Crippen LogP contribution in [0.15, 0.2) is 4.52 Å². The van der Waals surface area contributed by atoms with Gasteiger partial charge in [-0.25, -0.2) is 0 Å². The Kier molecular flexibility index (Phi) is 3.85. The molecule has 0 aliphatic heterocycles. The first kappa shape index (κ1) is 12.2. The van der Waals surface area contributed by atoms with E-state index >= 15 is 0 Å². The molecule has 4 nitrogen and oxygen atoms in total. The molecule has 0 aromatic carbocycles. The van der Waals surface area contributed by atoms with Crippen molar-refractivity contribution < 1.29 is 4.52 Å². The Hall–Kier alpha value is -0.900. The van der Waals surface area contributed by atoms with Gasteiger partial charge in [0.2, 0.25) is 5.89 Å². The summed E-state index contributed by atoms with van der Waals surface area (Å²) in [6.45, 7) is 8.31. The molecule has 1 aromatic heterocycles. The summed E-state index contributed by atoms with van der Waals surface area (Å²) in [6, 6.07) is 0.128. The molecule has 0 amide bonds. The molecule has 0 radical (unpaired) electrons. The van der Waals surface area contributed by atoms with E-state index in [1.54, 1.807) is 0 Å². The lowest BCUT2D eigenvalue weighted by Gasteiger charge is -2.11. The first-order valence-electron chi connectivity index (χ1n) is 5.52. The van der Waals surface area contributed by atoms with Gasteiger partial charge in [-0.05, 0) is 6.42 Å². The number of nitrogens with zero attached hydrogens (tertiary/aromatic N) is 2. The predicted molar refractivity (Wildman–Crippen MR) is 59.6 cm³/mol. The van der Waals surface area contributed by atoms with Crippen molar-refractivity contribution in [3.63, 3.8) is 0 Å². The molecule has 2 N–H and O–H groups in total. The summed E-state index contributed by atoms with van der Waals surface area (Å²) in [5.41, 5.74) is 5.85. The zero-order valence-corrected chi connectivity index (χ0v) is 10.1. The summed E-state index contributed by atoms with van der Waals surface area (Å²) in [6.07, 6.45) is 2.76. The Morgan fingerprint density at radius 1 is 1.40 bits per heavy atom. The van der Waals surface area contributed by atoms with Gasteiger partial charge in [-0.3, -0.25) is 0 Å². The average Bonchev–Trinajstić information content (AvgIpc) is 2.52. The van der Waals surface area contributed by atoms with Gasteiger partial charge in [0.05, 0.1) is 0 Å². The minimum atomic E-state index is -0.0589. The second-order valence-corrected chi connectivity index (χ2v) is 5.01. The van der Waals surface area contributed by atoms with Crippen LogP contribution in [0.1, 0.15) is 52.3 Å². The van der Waals surface area contributed by atoms with Gasteiger partial charge in [0, 0.05) is 17.9 Å². The Labute approximate surface area is 91.2 Å². The second kappa shape index (κ2) is 4.75. The molecule has 15 heavy (non-hydrogen) atoms. The van der Waals surface area contributed by atoms with Crippen molar-refractivity contribution in [3.8, 4) is 0 Å². The van der Waals surface area contributed by atoms with Gasteiger partial charge in [-0.15, -0.1) is 0 Å². The topological polar surface area (TPSA) is 64.9 Å². The highest BCUT2D eigenvalue weighted by Crippen LogP contribution is 2.18. The number of hydrogen-bond donors (Lipinski definition) is 1. The van der Waals surface area contributed by atoms with Crippen molar-refractivity contribution in [1.82, 2.24) is 10.1 Å². The summed E-state index contributed by atoms with van der Waals surface area (Å²) in [4.78, 5) is 4.35. The van der Waals surface area contributed by atoms with E-state index < -0.39 is 0 Å². The van der Waals surface area contributed by atoms with Crippen LogP contribution in [0.3, 0.4) is 0 Å². The third-order valence-electron chi connectivity index (χ3n) is 2.24. The van der Waals surface area contributed by atoms with Crippen molar-refractivity contribution in [3.05, 3.63) is 11.7 Å². The molecule has 0 aliphatic carbocycles. The molecule has 0 saturated carbocycles. The normalized spacial score (nSPS) is 14.2. The zero-order chi connectivity index (χ0) is 11.5. The second-order valence-electron chi connectivity index (χ2n) is 5.01. The number of hydrogen-bond acceptors (Lipinski definition) is 4. The molecule has 4 heteroatoms. The largest absolute Gasteiger partial charge is 0.339 e. The molecule has 1 aromatic rings. The monoisotopic (exact) mass is 211 g/mol. The maximum absolute atomic E-state index is 5.91. The molecule has 0 saturated heterocycles. The first-order chi connectivity index (χ1) is 6.93. The van der Waals surface area contributed by atoms with Gasteiger partial charge in [0.1, 0.15) is 0 Å². The molecule has 1 unspecified atom stereocenters. The van der Waals surface area contributed by atoms with Crippen LogP contribution in [0.25, 0.3) is 0 Å². The lowest BCUT2D eigenvalue weighted by molar-refractivity contribution is 0.353. The van der Waals surface area contributed by atoms with Gasteiger partial charge in [-0.1, -0.05) is 39.3 Å². The molecule has 1 heterocycles. The summed E-state index contributed by atoms with van der Waals surface area (Å²) in [7, 11) is 0. The quantitative estimate of drug-likeness (QED) is 0.827. The zero-order valence-electron chi connectivity index (χ0n) is 10.1. The third kappa shape index (κ3) is 3.63. The van der Waals surface area contributed by atoms with E-state index in [0.717, 1.165) is 18.7 Å². The van der Waals surface area contributed by atoms with E-state index in [2.05, 4.69) is 37.8 Å². The molecule has 0 fully saturated rings. The third-order valence-corrected chi connectivity index (χ3v) is 2.24. The molecule has 86 valence electrons. The molecular weight excluding hydrogens is 190 g/mol. The van der Waals surface area contributed by atoms with Gasteiger partial charge in [0.25, 0.3) is 0 Å². The minimum absolute atomic E-state index is 0.0589. The lowest BCUT2D eigenvalue weighted by Crippen LogP contribution is -2.22. The Balaban J connectivity index is 2.61. The first-order valence-corrected chi connectivity index (χ1v) is 5.52. The van der Waals surface area contributed by atoms with Gasteiger partial charge < -0.3 is 10.3 Å². The van der Waals surface area contributed by atoms with Gasteiger partial charge >= 0.3 is 0 Å². The van der Waals surface area contributed by atoms with E-state index in [1.165, 1.54) is 0 Å². The molecule has 1 atom stereocenters. The SMILES string of the molecule is CCCC(N)Cc1nc(C(C)(C)C)no1. The van der Waals surface area contributed by atoms with Crippen molar-refractivity contribution >= 4 is 0 Å². The van der Waals surface area contributed by atoms with E-state index in [0.29, 0.717) is 12.3 Å². The van der Waals surface area contributed by atoms with Crippen LogP contribution in [0.2, 0.25) is 0 Å². The highest BCUT2D eigenvalue weighted by Gasteiger charge is 2.21. The van der Waals surface area contributed by atoms with E-state index in [9.17, 15) is 0 Å². The molecule has 0 bridgehead atoms. The van der Waals surface area contributed by atoms with Crippen LogP contribution in [0, 0.1) is 0 Å². The van der Waals surface area contributed by atoms with Crippen LogP contribution in [0.5, 0.6) is 0 Å². The number of nitrogens with two attached hydrogens (primary N) is 1. The highest BCUT2D eigenvalue weighted by atomic mass is 16.5. The highest BCUT2D eigenvalue weighted by molar-refractivity contribution is 5.00. The number of rotatable bonds is 4. The maximum Gasteiger partial charge on any atom is 0.228 e. The van der Waals surface area contributed by atoms with E-state index in [-0.39, 0.29) is 11.5 Å². The van der Waals surface area contributed by atoms with Crippen LogP contribution in [-0.2, 0) is 11.8 Å². The lowest BCUT2D eigenvalue weighted by atomic mass is 9.96. The summed E-state index contributed by atoms with van der Waals surface area (Å²) < 4.78 is 5.17. The smallest absolute Gasteiger partial charge is 0.228 e. The maximum atomic E-state index is 5.91. The van der Waals surface area contributed by atoms with E-state index in [4.69, 9.17) is 10.3 Å². The van der Waals surface area contributed by atoms with Crippen LogP contribution in [0.4, 0.5) is 0 Å². The molecule has 1 rings (SSSR count). The van der Waals surface area contributed by atoms with Gasteiger partial charge in [0.15, 0.2) is 5.82 Å². The molecule has 0 aliphatic rings. The number of aromatic nitrogens is 2. The summed E-state index contributed by atoms with van der Waals surface area (Å²) in [5.74, 6) is 1.40. The fourth-order valence-electron chi connectivity index (χ4n) is 1.34. The fraction of sp³-hybridized carbons (Fsp3) is 0.818. The predicted octanol–water partition coefficient (Wildman–Crippen LogP) is 2.04. The van der Waals surface area contributed by atoms with Crippen LogP contribution >= 0.6 is 0 Å². The van der Waals surface area contributed by atoms with Crippen molar-refractivity contribution in [2.75, 3.05) is 0 Å². The summed E-state index contributed by atoms with van der Waals surface area (Å²) in [5, 5.41) is 3.96. The standard InChI is InChI=1S/C11H21N3O/c1-5-6-8(12)7-9-13-10(14-15-9)11(2,3)4/h8H,5-7,12H2,1-4H3. The van der Waals surface area contributed by atoms with Gasteiger partial charge in [-0.2, -0.15) is 4.98 Å². The molecular formula is C11H21N3O. The Morgan fingerprint density at radius 2 is 2.07 bits per heavy atom. The summed E-state index contributed by atoms with van der Waals surface area (Å²) >= 11 is 0. The van der Waals surface area contributed by atoms with Crippen molar-refractivity contribution in [1.29, 1.82) is 0 Å². The molecule has 0 spiro atoms. The fourth-order valence-corrected chi connectivity index (χ4v) is 1.34. The Morgan fingerprint density at radius 3 is 2.53 bits per heavy atom. The van der Waals surface area contributed by atoms with Crippen LogP contribution < -0.4 is 5.73 Å². The van der Waals surface area contributed by atoms with Crippen molar-refractivity contribution in [2.24, 2.45) is 5.73 Å². The van der Waals surface area contributed by atoms with E-state index in [1.807, 2.05) is 0 Å².